The molecule has 0 aromatic carbocycles. The quantitative estimate of drug-likeness (QED) is 0.0235. The van der Waals surface area contributed by atoms with Crippen molar-refractivity contribution in [1.29, 1.82) is 0 Å². The SMILES string of the molecule is CCCCCCCCC/C=C\CCCCCCCCOCC(COC1OC(COC2OC(CO)C(O)C(O)C2O)C(O)C(O)C1O)OC(=O)CCCCCCCCCC. The Labute approximate surface area is 354 Å². The lowest BCUT2D eigenvalue weighted by molar-refractivity contribution is -0.332. The number of allylic oxidation sites excluding steroid dienone is 2. The second-order valence-corrected chi connectivity index (χ2v) is 16.6. The van der Waals surface area contributed by atoms with E-state index in [0.717, 1.165) is 44.9 Å². The molecule has 0 saturated carbocycles. The number of hydrogen-bond acceptors (Lipinski definition) is 14. The zero-order valence-corrected chi connectivity index (χ0v) is 36.5. The monoisotopic (exact) mass is 849 g/mol. The van der Waals surface area contributed by atoms with Crippen LogP contribution in [0.1, 0.15) is 168 Å². The molecule has 0 bridgehead atoms. The minimum absolute atomic E-state index is 0.0615. The zero-order valence-electron chi connectivity index (χ0n) is 36.5. The molecule has 2 heterocycles. The molecule has 11 atom stereocenters. The van der Waals surface area contributed by atoms with Gasteiger partial charge >= 0.3 is 5.97 Å². The summed E-state index contributed by atoms with van der Waals surface area (Å²) in [6.45, 7) is 3.64. The number of ether oxygens (including phenoxy) is 6. The lowest BCUT2D eigenvalue weighted by atomic mass is 9.98. The standard InChI is InChI=1S/C45H84O14/c1-3-5-7-9-11-13-14-15-16-17-18-19-20-21-23-25-27-29-54-31-34(57-37(47)28-26-24-22-12-10-8-6-4-2)32-55-44-43(53)41(51)39(49)36(59-44)33-56-45-42(52)40(50)38(48)35(30-46)58-45/h16-17,34-36,38-46,48-53H,3-15,18-33H2,1-2H3/b17-16-. The van der Waals surface area contributed by atoms with E-state index in [-0.39, 0.29) is 25.6 Å². The van der Waals surface area contributed by atoms with Crippen molar-refractivity contribution in [2.75, 3.05) is 33.0 Å². The molecule has 14 heteroatoms. The third kappa shape index (κ3) is 23.1. The maximum absolute atomic E-state index is 12.9. The van der Waals surface area contributed by atoms with Gasteiger partial charge in [0.25, 0.3) is 0 Å². The van der Waals surface area contributed by atoms with Crippen molar-refractivity contribution in [2.24, 2.45) is 0 Å². The average molecular weight is 849 g/mol. The van der Waals surface area contributed by atoms with Gasteiger partial charge in [-0.1, -0.05) is 135 Å². The van der Waals surface area contributed by atoms with E-state index in [1.807, 2.05) is 0 Å². The van der Waals surface area contributed by atoms with Crippen molar-refractivity contribution in [3.63, 3.8) is 0 Å². The Morgan fingerprint density at radius 2 is 1.00 bits per heavy atom. The Hall–Kier alpha value is -1.27. The van der Waals surface area contributed by atoms with Crippen LogP contribution in [-0.4, -0.2) is 142 Å². The maximum Gasteiger partial charge on any atom is 0.306 e. The fraction of sp³-hybridized carbons (Fsp3) is 0.933. The van der Waals surface area contributed by atoms with Crippen LogP contribution in [-0.2, 0) is 33.2 Å². The molecule has 0 aromatic rings. The first-order valence-electron chi connectivity index (χ1n) is 23.3. The van der Waals surface area contributed by atoms with Gasteiger partial charge in [-0.25, -0.2) is 0 Å². The van der Waals surface area contributed by atoms with Crippen LogP contribution in [0, 0.1) is 0 Å². The molecule has 0 aromatic heterocycles. The van der Waals surface area contributed by atoms with Crippen molar-refractivity contribution in [1.82, 2.24) is 0 Å². The summed E-state index contributed by atoms with van der Waals surface area (Å²) in [5, 5.41) is 71.8. The summed E-state index contributed by atoms with van der Waals surface area (Å²) in [6, 6.07) is 0. The number of carbonyl (C=O) groups excluding carboxylic acids is 1. The van der Waals surface area contributed by atoms with Crippen LogP contribution < -0.4 is 0 Å². The number of hydrogen-bond donors (Lipinski definition) is 7. The van der Waals surface area contributed by atoms with E-state index in [1.54, 1.807) is 0 Å². The van der Waals surface area contributed by atoms with E-state index in [1.165, 1.54) is 96.3 Å². The van der Waals surface area contributed by atoms with Crippen LogP contribution >= 0.6 is 0 Å². The Balaban J connectivity index is 1.77. The molecule has 11 unspecified atom stereocenters. The van der Waals surface area contributed by atoms with E-state index >= 15 is 0 Å². The molecule has 2 aliphatic rings. The van der Waals surface area contributed by atoms with Crippen molar-refractivity contribution in [2.45, 2.75) is 235 Å². The summed E-state index contributed by atoms with van der Waals surface area (Å²) in [5.74, 6) is -0.382. The number of rotatable bonds is 36. The highest BCUT2D eigenvalue weighted by atomic mass is 16.7. The number of aliphatic hydroxyl groups excluding tert-OH is 7. The minimum Gasteiger partial charge on any atom is -0.457 e. The van der Waals surface area contributed by atoms with Gasteiger partial charge < -0.3 is 64.2 Å². The summed E-state index contributed by atoms with van der Waals surface area (Å²) >= 11 is 0. The van der Waals surface area contributed by atoms with E-state index in [9.17, 15) is 40.5 Å². The molecule has 0 spiro atoms. The van der Waals surface area contributed by atoms with E-state index in [2.05, 4.69) is 26.0 Å². The van der Waals surface area contributed by atoms with E-state index in [4.69, 9.17) is 28.4 Å². The summed E-state index contributed by atoms with van der Waals surface area (Å²) in [7, 11) is 0. The molecule has 2 rings (SSSR count). The Morgan fingerprint density at radius 3 is 1.54 bits per heavy atom. The molecule has 2 saturated heterocycles. The lowest BCUT2D eigenvalue weighted by Gasteiger charge is -2.42. The summed E-state index contributed by atoms with van der Waals surface area (Å²) < 4.78 is 34.1. The Bertz CT molecular complexity index is 1030. The van der Waals surface area contributed by atoms with Crippen LogP contribution in [0.3, 0.4) is 0 Å². The average Bonchev–Trinajstić information content (AvgIpc) is 3.23. The predicted octanol–water partition coefficient (Wildman–Crippen LogP) is 5.51. The topological polar surface area (TPSA) is 214 Å². The van der Waals surface area contributed by atoms with Gasteiger partial charge in [0, 0.05) is 13.0 Å². The molecule has 0 radical (unpaired) electrons. The molecule has 0 aliphatic carbocycles. The first-order chi connectivity index (χ1) is 28.6. The minimum atomic E-state index is -1.70. The number of carbonyl (C=O) groups is 1. The van der Waals surface area contributed by atoms with Crippen molar-refractivity contribution in [3.8, 4) is 0 Å². The van der Waals surface area contributed by atoms with Gasteiger partial charge in [-0.15, -0.1) is 0 Å². The highest BCUT2D eigenvalue weighted by molar-refractivity contribution is 5.69. The maximum atomic E-state index is 12.9. The van der Waals surface area contributed by atoms with Gasteiger partial charge in [-0.05, 0) is 38.5 Å². The number of aliphatic hydroxyl groups is 7. The van der Waals surface area contributed by atoms with Gasteiger partial charge in [-0.2, -0.15) is 0 Å². The molecule has 2 fully saturated rings. The molecule has 2 aliphatic heterocycles. The normalized spacial score (nSPS) is 28.0. The predicted molar refractivity (Wildman–Crippen MR) is 224 cm³/mol. The van der Waals surface area contributed by atoms with Gasteiger partial charge in [0.1, 0.15) is 54.9 Å². The van der Waals surface area contributed by atoms with Crippen LogP contribution in [0.25, 0.3) is 0 Å². The first kappa shape index (κ1) is 53.9. The van der Waals surface area contributed by atoms with Crippen molar-refractivity contribution >= 4 is 5.97 Å². The molecule has 14 nitrogen and oxygen atoms in total. The van der Waals surface area contributed by atoms with E-state index in [0.29, 0.717) is 13.0 Å². The smallest absolute Gasteiger partial charge is 0.306 e. The molecular weight excluding hydrogens is 764 g/mol. The number of unbranched alkanes of at least 4 members (excludes halogenated alkanes) is 20. The molecular formula is C45H84O14. The summed E-state index contributed by atoms with van der Waals surface area (Å²) in [5.41, 5.74) is 0. The molecule has 0 amide bonds. The van der Waals surface area contributed by atoms with Gasteiger partial charge in [-0.3, -0.25) is 4.79 Å². The Kier molecular flexibility index (Phi) is 31.3. The fourth-order valence-corrected chi connectivity index (χ4v) is 7.40. The second kappa shape index (κ2) is 34.2. The van der Waals surface area contributed by atoms with Gasteiger partial charge in [0.15, 0.2) is 12.6 Å². The van der Waals surface area contributed by atoms with Crippen LogP contribution in [0.15, 0.2) is 12.2 Å². The third-order valence-electron chi connectivity index (χ3n) is 11.3. The fourth-order valence-electron chi connectivity index (χ4n) is 7.40. The van der Waals surface area contributed by atoms with Crippen molar-refractivity contribution < 1.29 is 69.0 Å². The number of esters is 1. The molecule has 59 heavy (non-hydrogen) atoms. The molecule has 348 valence electrons. The largest absolute Gasteiger partial charge is 0.457 e. The second-order valence-electron chi connectivity index (χ2n) is 16.6. The van der Waals surface area contributed by atoms with Gasteiger partial charge in [0.05, 0.1) is 26.4 Å². The highest BCUT2D eigenvalue weighted by Gasteiger charge is 2.47. The summed E-state index contributed by atoms with van der Waals surface area (Å²) in [6.07, 6.45) is 15.8. The van der Waals surface area contributed by atoms with Crippen LogP contribution in [0.5, 0.6) is 0 Å². The van der Waals surface area contributed by atoms with Crippen LogP contribution in [0.2, 0.25) is 0 Å². The highest BCUT2D eigenvalue weighted by Crippen LogP contribution is 2.26. The van der Waals surface area contributed by atoms with Gasteiger partial charge in [0.2, 0.25) is 0 Å². The van der Waals surface area contributed by atoms with Crippen LogP contribution in [0.4, 0.5) is 0 Å². The summed E-state index contributed by atoms with van der Waals surface area (Å²) in [4.78, 5) is 12.9. The third-order valence-corrected chi connectivity index (χ3v) is 11.3. The zero-order chi connectivity index (χ0) is 43.1. The lowest BCUT2D eigenvalue weighted by Crippen LogP contribution is -2.61. The van der Waals surface area contributed by atoms with E-state index < -0.39 is 80.7 Å². The molecule has 7 N–H and O–H groups in total. The first-order valence-corrected chi connectivity index (χ1v) is 23.3. The Morgan fingerprint density at radius 1 is 0.542 bits per heavy atom. The van der Waals surface area contributed by atoms with Crippen molar-refractivity contribution in [3.05, 3.63) is 12.2 Å².